The van der Waals surface area contributed by atoms with Crippen molar-refractivity contribution >= 4 is 879 Å². The normalized spacial score (nSPS) is 11.0. The monoisotopic (exact) mass is 1600 g/mol. The van der Waals surface area contributed by atoms with Crippen LogP contribution in [0.2, 0.25) is 0 Å². The van der Waals surface area contributed by atoms with Crippen molar-refractivity contribution in [3.8, 4) is 0 Å². The lowest BCUT2D eigenvalue weighted by atomic mass is 8.35. The zero-order valence-corrected chi connectivity index (χ0v) is 103. The highest BCUT2D eigenvalue weighted by Gasteiger charge is 2.76. The van der Waals surface area contributed by atoms with Gasteiger partial charge < -0.3 is 15.6 Å². The summed E-state index contributed by atoms with van der Waals surface area (Å²) in [7, 11) is 165. The Morgan fingerprint density at radius 3 is 0.411 bits per heavy atom. The summed E-state index contributed by atoms with van der Waals surface area (Å²) < 4.78 is 12.5. The summed E-state index contributed by atoms with van der Waals surface area (Å²) >= 11 is 0. The molecule has 3 nitrogen and oxygen atoms in total. The Labute approximate surface area is 897 Å². The van der Waals surface area contributed by atoms with E-state index in [1.54, 1.807) is 0 Å². The predicted molar refractivity (Wildman–Crippen MR) is 908 cm³/mol. The van der Waals surface area contributed by atoms with Gasteiger partial charge in [-0.3, -0.25) is 0 Å². The lowest BCUT2D eigenvalue weighted by Gasteiger charge is -2.68. The van der Waals surface area contributed by atoms with Crippen molar-refractivity contribution in [1.29, 1.82) is 0 Å². The maximum atomic E-state index is 12.5. The molecule has 2 unspecified atom stereocenters. The summed E-state index contributed by atoms with van der Waals surface area (Å²) in [6, 6.07) is 0. The molecule has 0 aliphatic rings. The molecule has 0 heterocycles. The van der Waals surface area contributed by atoms with E-state index < -0.39 is 16.1 Å². The van der Waals surface area contributed by atoms with Crippen LogP contribution in [0, 0.1) is 0 Å². The van der Waals surface area contributed by atoms with Crippen LogP contribution in [0.25, 0.3) is 0 Å². The van der Waals surface area contributed by atoms with Gasteiger partial charge in [0.2, 0.25) is 0 Å². The molecule has 532 valence electrons. The molecule has 0 bridgehead atoms. The van der Waals surface area contributed by atoms with Crippen LogP contribution >= 0.6 is 0 Å². The average Bonchev–Trinajstić information content (AvgIpc) is 0.685. The second-order valence-electron chi connectivity index (χ2n) is 56.6. The molecule has 0 aromatic heterocycles. The third-order valence-corrected chi connectivity index (χ3v) is 50.3. The summed E-state index contributed by atoms with van der Waals surface area (Å²) in [5.74, 6) is 0. The molecule has 2 atom stereocenters. The van der Waals surface area contributed by atoms with Crippen molar-refractivity contribution in [3.05, 3.63) is 0 Å². The molecule has 0 aromatic rings. The lowest BCUT2D eigenvalue weighted by Crippen LogP contribution is -3.04. The van der Waals surface area contributed by atoms with E-state index in [2.05, 4.69) is 480 Å². The molecule has 129 heavy (non-hydrogen) atoms. The highest BCUT2D eigenvalue weighted by molar-refractivity contribution is 8.41. The lowest BCUT2D eigenvalue weighted by molar-refractivity contribution is 0.597. The summed E-state index contributed by atoms with van der Waals surface area (Å²) in [5, 5.41) is 0. The van der Waals surface area contributed by atoms with E-state index in [9.17, 15) is 15.6 Å². The molecule has 0 fully saturated rings. The molecule has 0 radical (unpaired) electrons. The van der Waals surface area contributed by atoms with E-state index in [1.165, 1.54) is 0 Å². The van der Waals surface area contributed by atoms with Crippen molar-refractivity contribution in [2.45, 2.75) is 0 Å². The van der Waals surface area contributed by atoms with Crippen LogP contribution in [-0.4, -0.2) is 891 Å². The summed E-state index contributed by atoms with van der Waals surface area (Å²) in [6.45, 7) is 0. The Morgan fingerprint density at radius 1 is 0.155 bits per heavy atom. The van der Waals surface area contributed by atoms with Gasteiger partial charge in [0.25, 0.3) is 0 Å². The van der Waals surface area contributed by atoms with Gasteiger partial charge in [-0.15, -0.1) is 0 Å². The molecule has 0 saturated heterocycles. The van der Waals surface area contributed by atoms with E-state index in [0.717, 1.165) is 14.1 Å². The average molecular weight is 1580 g/mol. The van der Waals surface area contributed by atoms with Crippen molar-refractivity contribution in [1.82, 2.24) is 0 Å². The largest absolute Gasteiger partial charge is 0.481 e. The highest BCUT2D eigenvalue weighted by atomic mass is 28.4. The van der Waals surface area contributed by atoms with Gasteiger partial charge in [-0.1, -0.05) is 0 Å². The molecule has 0 aliphatic carbocycles. The first kappa shape index (κ1) is 137. The third-order valence-electron chi connectivity index (χ3n) is 38.4. The number of hydrogen-bond donors (Lipinski definition) is 2. The smallest absolute Gasteiger partial charge is 0.0882 e. The summed E-state index contributed by atoms with van der Waals surface area (Å²) in [6.07, 6.45) is 21.9. The van der Waals surface area contributed by atoms with E-state index in [-0.39, 0.29) is 75.4 Å². The van der Waals surface area contributed by atoms with Gasteiger partial charge in [0.1, 0.15) is 0 Å². The summed E-state index contributed by atoms with van der Waals surface area (Å²) in [5.41, 5.74) is 20.5. The Hall–Kier alpha value is 8.24. The molecular formula is C2H134B122N2OSi2. The topological polar surface area (TPSA) is 61.3 Å². The third kappa shape index (κ3) is 35.2. The number of rotatable bonds is 64. The molecule has 0 aliphatic heterocycles. The predicted octanol–water partition coefficient (Wildman–Crippen LogP) is -82.1. The van der Waals surface area contributed by atoms with Gasteiger partial charge in [-0.05, 0) is 12.3 Å². The minimum atomic E-state index is -4.40. The molecular weight excluding hydrogens is 1440 g/mol. The van der Waals surface area contributed by atoms with Gasteiger partial charge in [0.05, 0.1) is 520 Å². The van der Waals surface area contributed by atoms with Crippen molar-refractivity contribution in [2.75, 3.05) is 12.3 Å². The quantitative estimate of drug-likeness (QED) is 0.0597. The molecule has 0 amide bonds. The molecule has 0 saturated carbocycles. The standard InChI is InChI=1S/C2H134B122N2OSi2/c3-65-96(63)112(95(61)62)120(111(93(57)58)94(59)60)124(119(109(89(49)50)90(51)52)110(91(53)54)92(55)56)129(2-126,123(117(105(81(33)34)82(35)36)106(83(37)38)84(39)40)118(107(85(41)42)86(43)44)108(87(45)46)88(47)48)127-128(1-125,121(113(97(64)67(5)6)99(69(9)10)70(11)12)115(101(73(17)18)74(19)20)102(75(21)22)76(23)24)122(114(98(66-4)68(7)8)100(71(13)14)72(15)16)116(103(77(25)26)78(27)28)104(79(29)30)80(31)32/h65-66H,1-64,125-126H2. The maximum absolute atomic E-state index is 12.5. The zero-order valence-electron chi connectivity index (χ0n) is 101. The van der Waals surface area contributed by atoms with Crippen LogP contribution in [0.15, 0.2) is 0 Å². The first-order valence-corrected chi connectivity index (χ1v) is 62.5. The molecule has 0 rings (SSSR count). The Bertz CT molecular complexity index is 2640. The second kappa shape index (κ2) is 62.8. The Balaban J connectivity index is 16.9. The van der Waals surface area contributed by atoms with Gasteiger partial charge in [0.15, 0.2) is 0 Å². The van der Waals surface area contributed by atoms with Gasteiger partial charge in [-0.2, -0.15) is 0 Å². The Kier molecular flexibility index (Phi) is 66.8. The fourth-order valence-electron chi connectivity index (χ4n) is 36.4. The molecule has 0 aromatic carbocycles. The fraction of sp³-hybridized carbons (Fsp3) is 1.00. The first-order valence-electron chi connectivity index (χ1n) is 58.0. The van der Waals surface area contributed by atoms with Crippen LogP contribution in [0.5, 0.6) is 0 Å². The molecule has 0 spiro atoms. The van der Waals surface area contributed by atoms with E-state index >= 15 is 0 Å². The Morgan fingerprint density at radius 2 is 0.287 bits per heavy atom. The number of hydrogen-bond acceptors (Lipinski definition) is 3. The van der Waals surface area contributed by atoms with Gasteiger partial charge >= 0.3 is 0 Å². The zero-order chi connectivity index (χ0) is 102. The van der Waals surface area contributed by atoms with E-state index in [1.807, 2.05) is 0 Å². The van der Waals surface area contributed by atoms with Crippen LogP contribution in [0.4, 0.5) is 0 Å². The van der Waals surface area contributed by atoms with Gasteiger partial charge in [0, 0.05) is 359 Å². The van der Waals surface area contributed by atoms with Crippen LogP contribution in [-0.2, 0) is 4.12 Å². The highest BCUT2D eigenvalue weighted by Crippen LogP contribution is 2.39. The molecule has 4 N–H and O–H groups in total. The SMILES string of the molecule is BBB(B)B(B(B)B)B(B(B(B)B)B(B)B)B(B(B(B(B)B)B(B)B)B(B(B)B)B(B)B)[Si](CN)(O[Si](CN)(B(B(B(B)B(B)B)B(B(B)B)B(B)B)B(B(B(B)B)B(B)B)B(B(B)B)B(B)B)B(B(B(BB)B(B)B)B(B(B)B)B(B)B)B(B(B(B)B)B(B)B)B(B(B)B)B(B)B)B(B(B(B(B)B)B(B)B)B(B(B)B)B(B)B)B(B(B(B)B)B(B)B)B(B(B)B)B(B)B. The van der Waals surface area contributed by atoms with Crippen LogP contribution in [0.3, 0.4) is 0 Å². The number of nitrogens with two attached hydrogens (primary N) is 2. The van der Waals surface area contributed by atoms with Gasteiger partial charge in [-0.25, -0.2) is 0 Å². The van der Waals surface area contributed by atoms with Crippen molar-refractivity contribution in [2.24, 2.45) is 11.5 Å². The summed E-state index contributed by atoms with van der Waals surface area (Å²) in [4.78, 5) is 0. The van der Waals surface area contributed by atoms with E-state index in [0.29, 0.717) is 306 Å². The minimum absolute atomic E-state index is 0.130. The van der Waals surface area contributed by atoms with Crippen LogP contribution in [0.1, 0.15) is 0 Å². The fourth-order valence-corrected chi connectivity index (χ4v) is 52.9. The van der Waals surface area contributed by atoms with Crippen molar-refractivity contribution in [3.63, 3.8) is 0 Å². The second-order valence-corrected chi connectivity index (χ2v) is 64.7. The maximum Gasteiger partial charge on any atom is 0.0882 e. The van der Waals surface area contributed by atoms with Crippen LogP contribution < -0.4 is 11.5 Å². The molecule has 127 heteroatoms. The first-order chi connectivity index (χ1) is 58.9. The minimum Gasteiger partial charge on any atom is -0.481 e. The van der Waals surface area contributed by atoms with Crippen molar-refractivity contribution < 1.29 is 4.12 Å². The van der Waals surface area contributed by atoms with E-state index in [4.69, 9.17) is 0 Å².